The van der Waals surface area contributed by atoms with Crippen molar-refractivity contribution in [2.24, 2.45) is 0 Å². The lowest BCUT2D eigenvalue weighted by molar-refractivity contribution is 0.213. The predicted octanol–water partition coefficient (Wildman–Crippen LogP) is 5.41. The number of unbranched alkanes of at least 4 members (excludes halogenated alkanes) is 4. The first-order valence-electron chi connectivity index (χ1n) is 7.96. The molecule has 0 N–H and O–H groups in total. The summed E-state index contributed by atoms with van der Waals surface area (Å²) in [5, 5.41) is 0. The van der Waals surface area contributed by atoms with Gasteiger partial charge in [-0.05, 0) is 46.2 Å². The summed E-state index contributed by atoms with van der Waals surface area (Å²) in [4.78, 5) is 2.58. The maximum Gasteiger partial charge on any atom is 0.00951 e. The Hall–Kier alpha value is -0.300. The number of rotatable bonds is 12. The summed E-state index contributed by atoms with van der Waals surface area (Å²) < 4.78 is 0. The van der Waals surface area contributed by atoms with Crippen LogP contribution < -0.4 is 0 Å². The number of hydrogen-bond acceptors (Lipinski definition) is 1. The van der Waals surface area contributed by atoms with Crippen molar-refractivity contribution in [3.05, 3.63) is 12.2 Å². The third-order valence-electron chi connectivity index (χ3n) is 3.76. The second kappa shape index (κ2) is 11.8. The molecule has 0 amide bonds. The molecule has 0 aromatic heterocycles. The van der Waals surface area contributed by atoms with E-state index in [0.717, 1.165) is 6.04 Å². The largest absolute Gasteiger partial charge is 0.303 e. The molecule has 0 fully saturated rings. The number of nitrogens with zero attached hydrogens (tertiary/aromatic N) is 1. The molecule has 0 saturated heterocycles. The quantitative estimate of drug-likeness (QED) is 0.332. The van der Waals surface area contributed by atoms with Gasteiger partial charge in [0.2, 0.25) is 0 Å². The van der Waals surface area contributed by atoms with Gasteiger partial charge in [-0.1, -0.05) is 51.5 Å². The van der Waals surface area contributed by atoms with Crippen LogP contribution in [0.2, 0.25) is 0 Å². The van der Waals surface area contributed by atoms with Crippen LogP contribution in [0, 0.1) is 0 Å². The Morgan fingerprint density at radius 2 is 1.67 bits per heavy atom. The van der Waals surface area contributed by atoms with Gasteiger partial charge >= 0.3 is 0 Å². The second-order valence-corrected chi connectivity index (χ2v) is 5.83. The van der Waals surface area contributed by atoms with E-state index in [2.05, 4.69) is 39.3 Å². The fourth-order valence-electron chi connectivity index (χ4n) is 2.48. The Morgan fingerprint density at radius 1 is 1.00 bits per heavy atom. The molecule has 0 spiro atoms. The summed E-state index contributed by atoms with van der Waals surface area (Å²) in [6.07, 6.45) is 12.0. The Bertz CT molecular complexity index is 198. The zero-order valence-electron chi connectivity index (χ0n) is 13.3. The van der Waals surface area contributed by atoms with E-state index in [-0.39, 0.29) is 0 Å². The van der Waals surface area contributed by atoms with Crippen LogP contribution in [0.25, 0.3) is 0 Å². The van der Waals surface area contributed by atoms with Crippen LogP contribution in [0.15, 0.2) is 12.2 Å². The van der Waals surface area contributed by atoms with Gasteiger partial charge in [0.05, 0.1) is 0 Å². The van der Waals surface area contributed by atoms with Gasteiger partial charge < -0.3 is 4.90 Å². The van der Waals surface area contributed by atoms with Gasteiger partial charge in [0.1, 0.15) is 0 Å². The topological polar surface area (TPSA) is 3.24 Å². The first kappa shape index (κ1) is 17.7. The fourth-order valence-corrected chi connectivity index (χ4v) is 2.48. The fraction of sp³-hybridized carbons (Fsp3) is 0.882. The van der Waals surface area contributed by atoms with E-state index in [1.54, 1.807) is 0 Å². The molecule has 1 heteroatoms. The number of hydrogen-bond donors (Lipinski definition) is 0. The molecule has 0 radical (unpaired) electrons. The Balaban J connectivity index is 3.82. The highest BCUT2D eigenvalue weighted by atomic mass is 15.1. The van der Waals surface area contributed by atoms with Crippen molar-refractivity contribution >= 4 is 0 Å². The normalized spacial score (nSPS) is 12.9. The molecule has 0 heterocycles. The molecule has 0 aliphatic heterocycles. The van der Waals surface area contributed by atoms with Gasteiger partial charge in [0.15, 0.2) is 0 Å². The molecule has 0 saturated carbocycles. The van der Waals surface area contributed by atoms with Crippen LogP contribution in [0.5, 0.6) is 0 Å². The smallest absolute Gasteiger partial charge is 0.00951 e. The van der Waals surface area contributed by atoms with Crippen LogP contribution in [0.1, 0.15) is 78.6 Å². The zero-order valence-corrected chi connectivity index (χ0v) is 13.3. The minimum Gasteiger partial charge on any atom is -0.303 e. The highest BCUT2D eigenvalue weighted by molar-refractivity contribution is 4.89. The molecule has 1 unspecified atom stereocenters. The van der Waals surface area contributed by atoms with E-state index in [1.807, 2.05) is 0 Å². The molecule has 0 aliphatic carbocycles. The second-order valence-electron chi connectivity index (χ2n) is 5.83. The lowest BCUT2D eigenvalue weighted by Crippen LogP contribution is -2.32. The third kappa shape index (κ3) is 9.70. The van der Waals surface area contributed by atoms with Crippen molar-refractivity contribution in [1.82, 2.24) is 4.90 Å². The molecule has 0 aromatic carbocycles. The first-order valence-corrected chi connectivity index (χ1v) is 7.96. The summed E-state index contributed by atoms with van der Waals surface area (Å²) >= 11 is 0. The molecule has 0 aromatic rings. The summed E-state index contributed by atoms with van der Waals surface area (Å²) in [7, 11) is 2.30. The summed E-state index contributed by atoms with van der Waals surface area (Å²) in [6.45, 7) is 12.0. The van der Waals surface area contributed by atoms with Crippen molar-refractivity contribution < 1.29 is 0 Å². The van der Waals surface area contributed by atoms with Crippen molar-refractivity contribution in [3.63, 3.8) is 0 Å². The van der Waals surface area contributed by atoms with E-state index in [4.69, 9.17) is 0 Å². The molecular formula is C17H35N. The molecular weight excluding hydrogens is 218 g/mol. The maximum absolute atomic E-state index is 4.02. The molecule has 0 aliphatic rings. The SMILES string of the molecule is C=C(C)CCC(CCC)N(C)CCCCCCC. The molecule has 18 heavy (non-hydrogen) atoms. The monoisotopic (exact) mass is 253 g/mol. The minimum atomic E-state index is 0.762. The van der Waals surface area contributed by atoms with Crippen LogP contribution in [-0.2, 0) is 0 Å². The van der Waals surface area contributed by atoms with E-state index in [1.165, 1.54) is 69.9 Å². The minimum absolute atomic E-state index is 0.762. The van der Waals surface area contributed by atoms with Crippen molar-refractivity contribution in [3.8, 4) is 0 Å². The molecule has 0 rings (SSSR count). The van der Waals surface area contributed by atoms with Gasteiger partial charge in [-0.25, -0.2) is 0 Å². The van der Waals surface area contributed by atoms with Crippen molar-refractivity contribution in [2.75, 3.05) is 13.6 Å². The lowest BCUT2D eigenvalue weighted by Gasteiger charge is -2.28. The van der Waals surface area contributed by atoms with Gasteiger partial charge in [0, 0.05) is 6.04 Å². The van der Waals surface area contributed by atoms with Crippen molar-refractivity contribution in [1.29, 1.82) is 0 Å². The number of allylic oxidation sites excluding steroid dienone is 1. The molecule has 0 bridgehead atoms. The molecule has 108 valence electrons. The average molecular weight is 253 g/mol. The van der Waals surface area contributed by atoms with Gasteiger partial charge in [-0.2, -0.15) is 0 Å². The Labute approximate surface area is 116 Å². The summed E-state index contributed by atoms with van der Waals surface area (Å²) in [5.41, 5.74) is 1.33. The standard InChI is InChI=1S/C17H35N/c1-6-8-9-10-11-15-18(5)17(12-7-2)14-13-16(3)4/h17H,3,6-15H2,1-2,4-5H3. The first-order chi connectivity index (χ1) is 8.61. The van der Waals surface area contributed by atoms with E-state index >= 15 is 0 Å². The summed E-state index contributed by atoms with van der Waals surface area (Å²) in [6, 6.07) is 0.762. The Morgan fingerprint density at radius 3 is 2.22 bits per heavy atom. The van der Waals surface area contributed by atoms with Crippen molar-refractivity contribution in [2.45, 2.75) is 84.6 Å². The van der Waals surface area contributed by atoms with Crippen LogP contribution in [0.4, 0.5) is 0 Å². The maximum atomic E-state index is 4.02. The third-order valence-corrected chi connectivity index (χ3v) is 3.76. The van der Waals surface area contributed by atoms with E-state index in [9.17, 15) is 0 Å². The van der Waals surface area contributed by atoms with Gasteiger partial charge in [-0.15, -0.1) is 6.58 Å². The highest BCUT2D eigenvalue weighted by Crippen LogP contribution is 2.15. The lowest BCUT2D eigenvalue weighted by atomic mass is 10.0. The average Bonchev–Trinajstić information content (AvgIpc) is 2.33. The van der Waals surface area contributed by atoms with Crippen LogP contribution >= 0.6 is 0 Å². The van der Waals surface area contributed by atoms with Gasteiger partial charge in [0.25, 0.3) is 0 Å². The van der Waals surface area contributed by atoms with E-state index in [0.29, 0.717) is 0 Å². The van der Waals surface area contributed by atoms with E-state index < -0.39 is 0 Å². The molecule has 1 atom stereocenters. The highest BCUT2D eigenvalue weighted by Gasteiger charge is 2.12. The zero-order chi connectivity index (χ0) is 13.8. The Kier molecular flexibility index (Phi) is 11.6. The van der Waals surface area contributed by atoms with Crippen LogP contribution in [0.3, 0.4) is 0 Å². The van der Waals surface area contributed by atoms with Gasteiger partial charge in [-0.3, -0.25) is 0 Å². The van der Waals surface area contributed by atoms with Crippen LogP contribution in [-0.4, -0.2) is 24.5 Å². The molecule has 1 nitrogen and oxygen atoms in total. The predicted molar refractivity (Wildman–Crippen MR) is 84.1 cm³/mol. The summed E-state index contributed by atoms with van der Waals surface area (Å²) in [5.74, 6) is 0.